The van der Waals surface area contributed by atoms with E-state index in [-0.39, 0.29) is 0 Å². The molecule has 36 heavy (non-hydrogen) atoms. The number of aromatic nitrogens is 4. The zero-order chi connectivity index (χ0) is 24.8. The van der Waals surface area contributed by atoms with Crippen LogP contribution in [0.3, 0.4) is 0 Å². The molecule has 0 spiro atoms. The van der Waals surface area contributed by atoms with E-state index in [1.54, 1.807) is 12.4 Å². The lowest BCUT2D eigenvalue weighted by Crippen LogP contribution is -2.49. The lowest BCUT2D eigenvalue weighted by Gasteiger charge is -2.34. The Morgan fingerprint density at radius 2 is 1.03 bits per heavy atom. The van der Waals surface area contributed by atoms with E-state index < -0.39 is 0 Å². The SMILES string of the molecule is O=C(CCCCCCCCCCN1CCN(c2ncccn2)CC1)N1CCN(c2ncccn2)CC1. The standard InChI is InChI=1S/C27H42N8O/c36-25(33-21-23-35(24-22-33)27-30-14-10-15-31-27)11-7-5-3-1-2-4-6-8-16-32-17-19-34(20-18-32)26-28-12-9-13-29-26/h9-10,12-15H,1-8,11,16-24H2. The molecule has 2 aromatic heterocycles. The fourth-order valence-corrected chi connectivity index (χ4v) is 5.07. The van der Waals surface area contributed by atoms with Crippen LogP contribution in [0, 0.1) is 0 Å². The van der Waals surface area contributed by atoms with Gasteiger partial charge in [0.15, 0.2) is 0 Å². The lowest BCUT2D eigenvalue weighted by molar-refractivity contribution is -0.131. The molecule has 0 saturated carbocycles. The van der Waals surface area contributed by atoms with Crippen molar-refractivity contribution in [3.63, 3.8) is 0 Å². The Hall–Kier alpha value is -2.81. The van der Waals surface area contributed by atoms with Gasteiger partial charge in [0.25, 0.3) is 0 Å². The molecule has 0 aromatic carbocycles. The number of unbranched alkanes of at least 4 members (excludes halogenated alkanes) is 7. The molecule has 2 aliphatic heterocycles. The molecule has 1 amide bonds. The first-order valence-corrected chi connectivity index (χ1v) is 13.8. The number of hydrogen-bond acceptors (Lipinski definition) is 8. The van der Waals surface area contributed by atoms with Gasteiger partial charge in [0.2, 0.25) is 17.8 Å². The molecule has 2 saturated heterocycles. The summed E-state index contributed by atoms with van der Waals surface area (Å²) < 4.78 is 0. The van der Waals surface area contributed by atoms with Crippen LogP contribution in [0.25, 0.3) is 0 Å². The van der Waals surface area contributed by atoms with Gasteiger partial charge < -0.3 is 14.7 Å². The third-order valence-corrected chi connectivity index (χ3v) is 7.29. The van der Waals surface area contributed by atoms with Gasteiger partial charge in [-0.25, -0.2) is 19.9 Å². The van der Waals surface area contributed by atoms with Crippen LogP contribution < -0.4 is 9.80 Å². The van der Waals surface area contributed by atoms with E-state index in [9.17, 15) is 4.79 Å². The highest BCUT2D eigenvalue weighted by Crippen LogP contribution is 2.14. The molecule has 0 radical (unpaired) electrons. The molecule has 196 valence electrons. The van der Waals surface area contributed by atoms with Crippen LogP contribution in [0.1, 0.15) is 57.8 Å². The van der Waals surface area contributed by atoms with Crippen LogP contribution >= 0.6 is 0 Å². The van der Waals surface area contributed by atoms with Gasteiger partial charge in [0.1, 0.15) is 0 Å². The van der Waals surface area contributed by atoms with Crippen molar-refractivity contribution < 1.29 is 4.79 Å². The molecule has 0 unspecified atom stereocenters. The van der Waals surface area contributed by atoms with Crippen LogP contribution in [0.5, 0.6) is 0 Å². The van der Waals surface area contributed by atoms with E-state index in [0.717, 1.165) is 70.7 Å². The van der Waals surface area contributed by atoms with Crippen molar-refractivity contribution in [1.29, 1.82) is 0 Å². The molecule has 9 heteroatoms. The second-order valence-corrected chi connectivity index (χ2v) is 9.87. The third kappa shape index (κ3) is 8.40. The Labute approximate surface area is 215 Å². The summed E-state index contributed by atoms with van der Waals surface area (Å²) in [6.45, 7) is 8.63. The first-order valence-electron chi connectivity index (χ1n) is 13.8. The number of carbonyl (C=O) groups is 1. The first kappa shape index (κ1) is 26.3. The molecule has 0 N–H and O–H groups in total. The summed E-state index contributed by atoms with van der Waals surface area (Å²) in [7, 11) is 0. The summed E-state index contributed by atoms with van der Waals surface area (Å²) in [5, 5.41) is 0. The number of piperazine rings is 2. The molecule has 0 atom stereocenters. The Balaban J connectivity index is 0.943. The highest BCUT2D eigenvalue weighted by molar-refractivity contribution is 5.76. The Bertz CT molecular complexity index is 868. The maximum absolute atomic E-state index is 12.5. The quantitative estimate of drug-likeness (QED) is 0.393. The van der Waals surface area contributed by atoms with E-state index >= 15 is 0 Å². The summed E-state index contributed by atoms with van der Waals surface area (Å²) in [6, 6.07) is 3.70. The Morgan fingerprint density at radius 1 is 0.583 bits per heavy atom. The summed E-state index contributed by atoms with van der Waals surface area (Å²) >= 11 is 0. The van der Waals surface area contributed by atoms with Gasteiger partial charge in [0.05, 0.1) is 0 Å². The lowest BCUT2D eigenvalue weighted by atomic mass is 10.1. The smallest absolute Gasteiger partial charge is 0.225 e. The zero-order valence-corrected chi connectivity index (χ0v) is 21.7. The minimum absolute atomic E-state index is 0.306. The van der Waals surface area contributed by atoms with Crippen molar-refractivity contribution in [3.8, 4) is 0 Å². The van der Waals surface area contributed by atoms with Gasteiger partial charge in [-0.15, -0.1) is 0 Å². The predicted molar refractivity (Wildman–Crippen MR) is 143 cm³/mol. The van der Waals surface area contributed by atoms with Crippen LogP contribution in [0.15, 0.2) is 36.9 Å². The Morgan fingerprint density at radius 3 is 1.56 bits per heavy atom. The van der Waals surface area contributed by atoms with E-state index in [0.29, 0.717) is 12.3 Å². The molecule has 0 aliphatic carbocycles. The monoisotopic (exact) mass is 494 g/mol. The summed E-state index contributed by atoms with van der Waals surface area (Å²) in [5.41, 5.74) is 0. The van der Waals surface area contributed by atoms with E-state index in [4.69, 9.17) is 0 Å². The average Bonchev–Trinajstić information content (AvgIpc) is 2.95. The van der Waals surface area contributed by atoms with Crippen molar-refractivity contribution in [2.75, 3.05) is 68.7 Å². The van der Waals surface area contributed by atoms with Crippen molar-refractivity contribution in [2.45, 2.75) is 57.8 Å². The maximum Gasteiger partial charge on any atom is 0.225 e. The molecule has 2 aromatic rings. The summed E-state index contributed by atoms with van der Waals surface area (Å²) in [4.78, 5) is 38.9. The van der Waals surface area contributed by atoms with Gasteiger partial charge in [0, 0.05) is 83.6 Å². The molecule has 2 fully saturated rings. The number of rotatable bonds is 13. The largest absolute Gasteiger partial charge is 0.339 e. The molecule has 4 rings (SSSR count). The van der Waals surface area contributed by atoms with Crippen molar-refractivity contribution in [3.05, 3.63) is 36.9 Å². The first-order chi connectivity index (χ1) is 17.8. The van der Waals surface area contributed by atoms with Gasteiger partial charge in [-0.1, -0.05) is 38.5 Å². The van der Waals surface area contributed by atoms with Crippen LogP contribution in [0.2, 0.25) is 0 Å². The van der Waals surface area contributed by atoms with Crippen LogP contribution in [0.4, 0.5) is 11.9 Å². The van der Waals surface area contributed by atoms with Crippen molar-refractivity contribution >= 4 is 17.8 Å². The fourth-order valence-electron chi connectivity index (χ4n) is 5.07. The third-order valence-electron chi connectivity index (χ3n) is 7.29. The fraction of sp³-hybridized carbons (Fsp3) is 0.667. The normalized spacial score (nSPS) is 16.9. The van der Waals surface area contributed by atoms with E-state index in [2.05, 4.69) is 34.6 Å². The van der Waals surface area contributed by atoms with E-state index in [1.807, 2.05) is 29.4 Å². The highest BCUT2D eigenvalue weighted by Gasteiger charge is 2.22. The second-order valence-electron chi connectivity index (χ2n) is 9.87. The van der Waals surface area contributed by atoms with Crippen molar-refractivity contribution in [2.24, 2.45) is 0 Å². The summed E-state index contributed by atoms with van der Waals surface area (Å²) in [5.74, 6) is 1.93. The molecule has 2 aliphatic rings. The average molecular weight is 495 g/mol. The minimum Gasteiger partial charge on any atom is -0.339 e. The molecule has 0 bridgehead atoms. The topological polar surface area (TPSA) is 81.6 Å². The predicted octanol–water partition coefficient (Wildman–Crippen LogP) is 3.25. The van der Waals surface area contributed by atoms with Gasteiger partial charge in [-0.05, 0) is 31.5 Å². The number of amides is 1. The number of carbonyl (C=O) groups excluding carboxylic acids is 1. The number of anilines is 2. The Kier molecular flexibility index (Phi) is 10.7. The molecular weight excluding hydrogens is 452 g/mol. The van der Waals surface area contributed by atoms with E-state index in [1.165, 1.54) is 51.5 Å². The van der Waals surface area contributed by atoms with Crippen molar-refractivity contribution in [1.82, 2.24) is 29.7 Å². The second kappa shape index (κ2) is 14.7. The summed E-state index contributed by atoms with van der Waals surface area (Å²) in [6.07, 6.45) is 17.8. The molecule has 9 nitrogen and oxygen atoms in total. The molecule has 4 heterocycles. The van der Waals surface area contributed by atoms with Gasteiger partial charge in [-0.3, -0.25) is 9.69 Å². The highest BCUT2D eigenvalue weighted by atomic mass is 16.2. The molecular formula is C27H42N8O. The van der Waals surface area contributed by atoms with Crippen LogP contribution in [-0.2, 0) is 4.79 Å². The van der Waals surface area contributed by atoms with Gasteiger partial charge in [-0.2, -0.15) is 0 Å². The van der Waals surface area contributed by atoms with Crippen LogP contribution in [-0.4, -0.2) is 94.5 Å². The number of nitrogens with zero attached hydrogens (tertiary/aromatic N) is 8. The minimum atomic E-state index is 0.306. The maximum atomic E-state index is 12.5. The van der Waals surface area contributed by atoms with Gasteiger partial charge >= 0.3 is 0 Å². The zero-order valence-electron chi connectivity index (χ0n) is 21.7. The number of hydrogen-bond donors (Lipinski definition) is 0.